The molecule has 0 saturated heterocycles. The molecule has 18 heavy (non-hydrogen) atoms. The highest BCUT2D eigenvalue weighted by atomic mass is 35.5. The molecule has 0 unspecified atom stereocenters. The number of benzene rings is 1. The lowest BCUT2D eigenvalue weighted by molar-refractivity contribution is 0.103. The van der Waals surface area contributed by atoms with E-state index in [1.165, 1.54) is 17.4 Å². The lowest BCUT2D eigenvalue weighted by Gasteiger charge is -2.06. The van der Waals surface area contributed by atoms with Crippen LogP contribution in [0, 0.1) is 11.3 Å². The summed E-state index contributed by atoms with van der Waals surface area (Å²) in [6.07, 6.45) is 0. The van der Waals surface area contributed by atoms with E-state index in [1.54, 1.807) is 23.6 Å². The number of rotatable bonds is 2. The molecular weight excluding hydrogens is 270 g/mol. The van der Waals surface area contributed by atoms with Crippen LogP contribution in [-0.4, -0.2) is 5.91 Å². The minimum absolute atomic E-state index is 0.316. The van der Waals surface area contributed by atoms with Gasteiger partial charge in [0.05, 0.1) is 16.3 Å². The Morgan fingerprint density at radius 2 is 2.22 bits per heavy atom. The van der Waals surface area contributed by atoms with E-state index in [0.717, 1.165) is 0 Å². The summed E-state index contributed by atoms with van der Waals surface area (Å²) in [5.41, 5.74) is 6.77. The van der Waals surface area contributed by atoms with Crippen LogP contribution in [0.5, 0.6) is 0 Å². The number of hydrogen-bond donors (Lipinski definition) is 2. The molecule has 1 aromatic heterocycles. The zero-order valence-corrected chi connectivity index (χ0v) is 10.7. The van der Waals surface area contributed by atoms with Gasteiger partial charge in [0.1, 0.15) is 10.9 Å². The number of nitriles is 1. The average Bonchev–Trinajstić information content (AvgIpc) is 2.77. The van der Waals surface area contributed by atoms with E-state index < -0.39 is 0 Å². The van der Waals surface area contributed by atoms with Crippen molar-refractivity contribution in [2.75, 3.05) is 11.1 Å². The fraction of sp³-hybridized carbons (Fsp3) is 0. The molecular formula is C12H8ClN3OS. The molecule has 90 valence electrons. The number of amides is 1. The van der Waals surface area contributed by atoms with Crippen molar-refractivity contribution in [2.45, 2.75) is 0 Å². The second-order valence-corrected chi connectivity index (χ2v) is 4.79. The minimum atomic E-state index is -0.337. The highest BCUT2D eigenvalue weighted by Gasteiger charge is 2.13. The van der Waals surface area contributed by atoms with Crippen LogP contribution in [-0.2, 0) is 0 Å². The predicted molar refractivity (Wildman–Crippen MR) is 72.9 cm³/mol. The summed E-state index contributed by atoms with van der Waals surface area (Å²) in [7, 11) is 0. The van der Waals surface area contributed by atoms with E-state index >= 15 is 0 Å². The second-order valence-electron chi connectivity index (χ2n) is 3.47. The minimum Gasteiger partial charge on any atom is -0.399 e. The first-order valence-corrected chi connectivity index (χ1v) is 6.21. The monoisotopic (exact) mass is 277 g/mol. The molecule has 1 aromatic carbocycles. The van der Waals surface area contributed by atoms with Gasteiger partial charge in [-0.15, -0.1) is 11.3 Å². The number of nitrogens with zero attached hydrogens (tertiary/aromatic N) is 1. The molecule has 0 aliphatic rings. The van der Waals surface area contributed by atoms with E-state index in [9.17, 15) is 4.79 Å². The standard InChI is InChI=1S/C12H8ClN3OS/c13-9-3-4-18-11(9)12(17)16-10-2-1-8(15)5-7(10)6-14/h1-5H,15H2,(H,16,17). The Labute approximate surface area is 113 Å². The summed E-state index contributed by atoms with van der Waals surface area (Å²) in [4.78, 5) is 12.3. The van der Waals surface area contributed by atoms with E-state index in [2.05, 4.69) is 5.32 Å². The number of halogens is 1. The van der Waals surface area contributed by atoms with Gasteiger partial charge in [0.15, 0.2) is 0 Å². The Morgan fingerprint density at radius 1 is 1.44 bits per heavy atom. The molecule has 1 heterocycles. The molecule has 0 spiro atoms. The molecule has 2 rings (SSSR count). The van der Waals surface area contributed by atoms with Crippen LogP contribution in [0.3, 0.4) is 0 Å². The second kappa shape index (κ2) is 5.08. The molecule has 0 aliphatic carbocycles. The largest absolute Gasteiger partial charge is 0.399 e. The van der Waals surface area contributed by atoms with Gasteiger partial charge < -0.3 is 11.1 Å². The first-order chi connectivity index (χ1) is 8.61. The van der Waals surface area contributed by atoms with E-state index in [-0.39, 0.29) is 5.91 Å². The maximum Gasteiger partial charge on any atom is 0.267 e. The Balaban J connectivity index is 2.28. The summed E-state index contributed by atoms with van der Waals surface area (Å²) in [5.74, 6) is -0.337. The van der Waals surface area contributed by atoms with Crippen molar-refractivity contribution >= 4 is 40.2 Å². The third kappa shape index (κ3) is 2.45. The Kier molecular flexibility index (Phi) is 3.51. The van der Waals surface area contributed by atoms with Gasteiger partial charge in [0.25, 0.3) is 5.91 Å². The van der Waals surface area contributed by atoms with Crippen LogP contribution in [0.15, 0.2) is 29.6 Å². The van der Waals surface area contributed by atoms with Crippen molar-refractivity contribution in [2.24, 2.45) is 0 Å². The number of thiophene rings is 1. The van der Waals surface area contributed by atoms with Gasteiger partial charge >= 0.3 is 0 Å². The summed E-state index contributed by atoms with van der Waals surface area (Å²) < 4.78 is 0. The van der Waals surface area contributed by atoms with Crippen molar-refractivity contribution < 1.29 is 4.79 Å². The SMILES string of the molecule is N#Cc1cc(N)ccc1NC(=O)c1sccc1Cl. The fourth-order valence-electron chi connectivity index (χ4n) is 1.40. The smallest absolute Gasteiger partial charge is 0.267 e. The van der Waals surface area contributed by atoms with Crippen LogP contribution in [0.1, 0.15) is 15.2 Å². The highest BCUT2D eigenvalue weighted by molar-refractivity contribution is 7.12. The van der Waals surface area contributed by atoms with Gasteiger partial charge in [-0.3, -0.25) is 4.79 Å². The predicted octanol–water partition coefficient (Wildman–Crippen LogP) is 3.11. The highest BCUT2D eigenvalue weighted by Crippen LogP contribution is 2.24. The van der Waals surface area contributed by atoms with Gasteiger partial charge in [0.2, 0.25) is 0 Å². The Bertz CT molecular complexity index is 645. The van der Waals surface area contributed by atoms with Crippen LogP contribution < -0.4 is 11.1 Å². The quantitative estimate of drug-likeness (QED) is 0.828. The normalized spacial score (nSPS) is 9.78. The van der Waals surface area contributed by atoms with Crippen molar-refractivity contribution in [3.8, 4) is 6.07 Å². The lowest BCUT2D eigenvalue weighted by Crippen LogP contribution is -2.11. The molecule has 6 heteroatoms. The summed E-state index contributed by atoms with van der Waals surface area (Å²) in [5, 5.41) is 13.7. The van der Waals surface area contributed by atoms with Gasteiger partial charge in [-0.1, -0.05) is 11.6 Å². The zero-order valence-electron chi connectivity index (χ0n) is 9.11. The van der Waals surface area contributed by atoms with Crippen LogP contribution >= 0.6 is 22.9 Å². The molecule has 0 saturated carbocycles. The lowest BCUT2D eigenvalue weighted by atomic mass is 10.1. The van der Waals surface area contributed by atoms with Crippen molar-refractivity contribution in [3.05, 3.63) is 45.1 Å². The third-order valence-electron chi connectivity index (χ3n) is 2.24. The molecule has 1 amide bonds. The maximum absolute atomic E-state index is 11.9. The fourth-order valence-corrected chi connectivity index (χ4v) is 2.43. The maximum atomic E-state index is 11.9. The molecule has 0 radical (unpaired) electrons. The van der Waals surface area contributed by atoms with E-state index in [1.807, 2.05) is 6.07 Å². The van der Waals surface area contributed by atoms with Crippen LogP contribution in [0.4, 0.5) is 11.4 Å². The van der Waals surface area contributed by atoms with Crippen LogP contribution in [0.2, 0.25) is 5.02 Å². The number of carbonyl (C=O) groups excluding carboxylic acids is 1. The summed E-state index contributed by atoms with van der Waals surface area (Å²) in [6, 6.07) is 8.34. The van der Waals surface area contributed by atoms with Crippen molar-refractivity contribution in [1.29, 1.82) is 5.26 Å². The van der Waals surface area contributed by atoms with E-state index in [0.29, 0.717) is 26.8 Å². The Hall–Kier alpha value is -2.03. The zero-order chi connectivity index (χ0) is 13.1. The molecule has 0 fully saturated rings. The summed E-state index contributed by atoms with van der Waals surface area (Å²) in [6.45, 7) is 0. The van der Waals surface area contributed by atoms with Gasteiger partial charge in [-0.2, -0.15) is 5.26 Å². The number of carbonyl (C=O) groups is 1. The third-order valence-corrected chi connectivity index (χ3v) is 3.58. The molecule has 2 aromatic rings. The van der Waals surface area contributed by atoms with Crippen LogP contribution in [0.25, 0.3) is 0 Å². The molecule has 0 bridgehead atoms. The molecule has 0 atom stereocenters. The first kappa shape index (κ1) is 12.4. The number of nitrogens with one attached hydrogen (secondary N) is 1. The Morgan fingerprint density at radius 3 is 2.83 bits per heavy atom. The average molecular weight is 278 g/mol. The number of nitrogens with two attached hydrogens (primary N) is 1. The molecule has 4 nitrogen and oxygen atoms in total. The topological polar surface area (TPSA) is 78.9 Å². The number of anilines is 2. The number of nitrogen functional groups attached to an aromatic ring is 1. The number of hydrogen-bond acceptors (Lipinski definition) is 4. The van der Waals surface area contributed by atoms with E-state index in [4.69, 9.17) is 22.6 Å². The van der Waals surface area contributed by atoms with Crippen molar-refractivity contribution in [1.82, 2.24) is 0 Å². The first-order valence-electron chi connectivity index (χ1n) is 4.96. The van der Waals surface area contributed by atoms with Gasteiger partial charge in [0, 0.05) is 5.69 Å². The summed E-state index contributed by atoms with van der Waals surface area (Å²) >= 11 is 7.11. The molecule has 0 aliphatic heterocycles. The molecule has 3 N–H and O–H groups in total. The van der Waals surface area contributed by atoms with Gasteiger partial charge in [-0.25, -0.2) is 0 Å². The van der Waals surface area contributed by atoms with Crippen molar-refractivity contribution in [3.63, 3.8) is 0 Å². The van der Waals surface area contributed by atoms with Gasteiger partial charge in [-0.05, 0) is 29.6 Å².